The van der Waals surface area contributed by atoms with Crippen LogP contribution in [-0.2, 0) is 6.18 Å². The molecule has 0 saturated carbocycles. The fourth-order valence-corrected chi connectivity index (χ4v) is 8.20. The number of piperazine rings is 1. The topological polar surface area (TPSA) is 103 Å². The van der Waals surface area contributed by atoms with Crippen LogP contribution in [0.3, 0.4) is 0 Å². The van der Waals surface area contributed by atoms with Crippen molar-refractivity contribution < 1.29 is 37.9 Å². The minimum atomic E-state index is -5.27. The zero-order valence-corrected chi connectivity index (χ0v) is 27.1. The van der Waals surface area contributed by atoms with Crippen LogP contribution in [0.25, 0.3) is 32.1 Å². The Morgan fingerprint density at radius 3 is 2.61 bits per heavy atom. The first kappa shape index (κ1) is 27.7. The van der Waals surface area contributed by atoms with Crippen LogP contribution in [0, 0.1) is 35.3 Å². The van der Waals surface area contributed by atoms with Gasteiger partial charge in [0.05, 0.1) is 20.2 Å². The van der Waals surface area contributed by atoms with E-state index < -0.39 is 76.9 Å². The first-order valence-electron chi connectivity index (χ1n) is 18.0. The summed E-state index contributed by atoms with van der Waals surface area (Å²) in [5, 5.41) is 12.4. The molecular formula is C34H33F6N7OS. The number of nitrogen functional groups attached to an aromatic ring is 1. The smallest absolute Gasteiger partial charge is 0.417 e. The highest BCUT2D eigenvalue weighted by atomic mass is 32.1. The predicted molar refractivity (Wildman–Crippen MR) is 176 cm³/mol. The molecular weight excluding hydrogens is 668 g/mol. The Labute approximate surface area is 289 Å². The van der Waals surface area contributed by atoms with Crippen molar-refractivity contribution >= 4 is 43.1 Å². The van der Waals surface area contributed by atoms with E-state index in [0.29, 0.717) is 6.07 Å². The Morgan fingerprint density at radius 1 is 1.22 bits per heavy atom. The molecule has 3 aliphatic rings. The molecule has 8 nitrogen and oxygen atoms in total. The molecule has 0 radical (unpaired) electrons. The maximum atomic E-state index is 17.3. The average Bonchev–Trinajstić information content (AvgIpc) is 3.59. The van der Waals surface area contributed by atoms with Crippen molar-refractivity contribution in [3.05, 3.63) is 52.4 Å². The number of hydrogen-bond donors (Lipinski definition) is 2. The average molecular weight is 707 g/mol. The minimum absolute atomic E-state index is 0.0943. The van der Waals surface area contributed by atoms with Crippen molar-refractivity contribution in [2.75, 3.05) is 50.3 Å². The molecule has 3 saturated heterocycles. The van der Waals surface area contributed by atoms with Crippen molar-refractivity contribution in [2.45, 2.75) is 51.4 Å². The van der Waals surface area contributed by atoms with Gasteiger partial charge in [0.15, 0.2) is 5.82 Å². The van der Waals surface area contributed by atoms with Crippen LogP contribution in [-0.4, -0.2) is 66.7 Å². The summed E-state index contributed by atoms with van der Waals surface area (Å²) in [6, 6.07) is 2.68. The Kier molecular flexibility index (Phi) is 6.79. The standard InChI is InChI=1S/C34H33F6N7OS/c1-16-8-23-24(21(11-41)30(42)49-23)26(27(16)36)25-22(34(38,39)40)9-20-29(28(25)37)44-32(45-31(20)47-12-18-4-5-19(13-47)43-18)48-15-33(2)14-46(3)7-6-17(33)10-35/h8-10,18-19,43H,4-7,12-15,42H2,1-3H3/b17-10+/t18-,19+,33-/m0/s1/i3D3,15D2. The number of nitrogens with two attached hydrogens (primary N) is 1. The molecule has 0 amide bonds. The molecule has 5 heterocycles. The van der Waals surface area contributed by atoms with Gasteiger partial charge in [-0.2, -0.15) is 28.4 Å². The molecule has 49 heavy (non-hydrogen) atoms. The molecule has 3 N–H and O–H groups in total. The highest BCUT2D eigenvalue weighted by Gasteiger charge is 2.41. The summed E-state index contributed by atoms with van der Waals surface area (Å²) in [6.07, 6.45) is -3.78. The molecule has 7 rings (SSSR count). The number of hydrogen-bond acceptors (Lipinski definition) is 9. The van der Waals surface area contributed by atoms with Crippen LogP contribution in [0.4, 0.5) is 37.2 Å². The van der Waals surface area contributed by atoms with Gasteiger partial charge >= 0.3 is 12.2 Å². The maximum Gasteiger partial charge on any atom is 0.417 e. The Hall–Kier alpha value is -4.13. The number of alkyl halides is 3. The van der Waals surface area contributed by atoms with Crippen molar-refractivity contribution in [3.63, 3.8) is 0 Å². The number of anilines is 2. The summed E-state index contributed by atoms with van der Waals surface area (Å²) in [5.41, 5.74) is -0.985. The molecule has 0 spiro atoms. The Balaban J connectivity index is 1.50. The molecule has 3 atom stereocenters. The number of aromatic nitrogens is 2. The Bertz CT molecular complexity index is 2260. The fourth-order valence-electron chi connectivity index (χ4n) is 7.17. The van der Waals surface area contributed by atoms with Crippen molar-refractivity contribution in [1.29, 1.82) is 5.26 Å². The summed E-state index contributed by atoms with van der Waals surface area (Å²) < 4.78 is 141. The first-order valence-corrected chi connectivity index (χ1v) is 16.3. The largest absolute Gasteiger partial charge is 0.462 e. The lowest BCUT2D eigenvalue weighted by Crippen LogP contribution is -2.51. The summed E-state index contributed by atoms with van der Waals surface area (Å²) in [7, 11) is 0. The van der Waals surface area contributed by atoms with Gasteiger partial charge in [-0.05, 0) is 56.4 Å². The third kappa shape index (κ3) is 5.63. The number of likely N-dealkylation sites (tertiary alicyclic amines) is 1. The summed E-state index contributed by atoms with van der Waals surface area (Å²) in [6.45, 7) is -3.30. The number of aryl methyl sites for hydroxylation is 1. The highest BCUT2D eigenvalue weighted by Crippen LogP contribution is 2.49. The van der Waals surface area contributed by atoms with Gasteiger partial charge < -0.3 is 25.6 Å². The van der Waals surface area contributed by atoms with Gasteiger partial charge in [0.25, 0.3) is 0 Å². The van der Waals surface area contributed by atoms with E-state index in [-0.39, 0.29) is 82.1 Å². The highest BCUT2D eigenvalue weighted by molar-refractivity contribution is 7.23. The van der Waals surface area contributed by atoms with Gasteiger partial charge in [-0.3, -0.25) is 0 Å². The molecule has 258 valence electrons. The van der Waals surface area contributed by atoms with E-state index in [9.17, 15) is 9.65 Å². The van der Waals surface area contributed by atoms with Crippen LogP contribution >= 0.6 is 11.3 Å². The zero-order chi connectivity index (χ0) is 39.3. The number of nitrogens with zero attached hydrogens (tertiary/aromatic N) is 5. The third-order valence-electron chi connectivity index (χ3n) is 9.57. The van der Waals surface area contributed by atoms with Crippen molar-refractivity contribution in [1.82, 2.24) is 20.2 Å². The van der Waals surface area contributed by atoms with Gasteiger partial charge in [0.2, 0.25) is 0 Å². The number of piperidine rings is 1. The number of halogens is 6. The van der Waals surface area contributed by atoms with Gasteiger partial charge in [-0.25, -0.2) is 13.2 Å². The predicted octanol–water partition coefficient (Wildman–Crippen LogP) is 7.09. The van der Waals surface area contributed by atoms with E-state index in [0.717, 1.165) is 29.1 Å². The van der Waals surface area contributed by atoms with E-state index in [1.165, 1.54) is 19.9 Å². The molecule has 3 fully saturated rings. The van der Waals surface area contributed by atoms with Gasteiger partial charge in [0.1, 0.15) is 34.8 Å². The van der Waals surface area contributed by atoms with Crippen molar-refractivity contribution in [3.8, 4) is 23.2 Å². The molecule has 2 aromatic carbocycles. The number of nitrogens with one attached hydrogen (secondary N) is 1. The monoisotopic (exact) mass is 706 g/mol. The van der Waals surface area contributed by atoms with E-state index >= 15 is 22.0 Å². The Morgan fingerprint density at radius 2 is 1.96 bits per heavy atom. The van der Waals surface area contributed by atoms with Gasteiger partial charge in [0, 0.05) is 74.4 Å². The van der Waals surface area contributed by atoms with Crippen LogP contribution in [0.1, 0.15) is 49.7 Å². The lowest BCUT2D eigenvalue weighted by Gasteiger charge is -2.40. The SMILES string of the molecule is [2H]C([2H])([2H])N1CC/C(=C\F)[C@](C)(C([2H])([2H])Oc2nc(N3C[C@H]4CC[C@@H](C3)N4)c3cc(C(F)(F)F)c(-c4c(F)c(C)cc5sc(N)c(C#N)c45)c(F)c3n2)C1. The molecule has 15 heteroatoms. The van der Waals surface area contributed by atoms with Crippen molar-refractivity contribution in [2.24, 2.45) is 5.41 Å². The number of nitriles is 1. The zero-order valence-electron chi connectivity index (χ0n) is 31.2. The quantitative estimate of drug-likeness (QED) is 0.212. The second-order valence-electron chi connectivity index (χ2n) is 12.9. The number of thiophene rings is 1. The lowest BCUT2D eigenvalue weighted by molar-refractivity contribution is -0.137. The normalized spacial score (nSPS) is 26.0. The summed E-state index contributed by atoms with van der Waals surface area (Å²) >= 11 is 0.826. The first-order chi connectivity index (χ1) is 25.2. The summed E-state index contributed by atoms with van der Waals surface area (Å²) in [4.78, 5) is 11.1. The van der Waals surface area contributed by atoms with Gasteiger partial charge in [-0.15, -0.1) is 11.3 Å². The molecule has 2 aromatic heterocycles. The molecule has 3 aliphatic heterocycles. The van der Waals surface area contributed by atoms with Crippen LogP contribution in [0.15, 0.2) is 24.0 Å². The van der Waals surface area contributed by atoms with Crippen LogP contribution < -0.4 is 20.7 Å². The number of fused-ring (bicyclic) bond motifs is 4. The molecule has 0 unspecified atom stereocenters. The molecule has 2 bridgehead atoms. The van der Waals surface area contributed by atoms with E-state index in [4.69, 9.17) is 17.3 Å². The number of benzene rings is 2. The maximum absolute atomic E-state index is 17.3. The third-order valence-corrected chi connectivity index (χ3v) is 10.5. The number of ether oxygens (including phenoxy) is 1. The van der Waals surface area contributed by atoms with E-state index in [1.54, 1.807) is 11.0 Å². The van der Waals surface area contributed by atoms with Crippen LogP contribution in [0.5, 0.6) is 6.01 Å². The van der Waals surface area contributed by atoms with E-state index in [1.807, 2.05) is 0 Å². The number of rotatable bonds is 5. The fraction of sp³-hybridized carbons (Fsp3) is 0.441. The molecule has 0 aliphatic carbocycles. The second kappa shape index (κ2) is 12.0. The molecule has 4 aromatic rings. The van der Waals surface area contributed by atoms with Gasteiger partial charge in [-0.1, -0.05) is 6.92 Å². The van der Waals surface area contributed by atoms with E-state index in [2.05, 4.69) is 15.3 Å². The lowest BCUT2D eigenvalue weighted by atomic mass is 9.78. The summed E-state index contributed by atoms with van der Waals surface area (Å²) in [5.74, 6) is -3.09. The second-order valence-corrected chi connectivity index (χ2v) is 14.0. The minimum Gasteiger partial charge on any atom is -0.462 e. The van der Waals surface area contributed by atoms with Crippen LogP contribution in [0.2, 0.25) is 0 Å².